The SMILES string of the molecule is C=C(C)c1ccccc1.C=Cc1ccccc1.O=C1C=CC(=O)N1C1CCCCC1. The van der Waals surface area contributed by atoms with E-state index in [0.717, 1.165) is 31.3 Å². The van der Waals surface area contributed by atoms with Crippen molar-refractivity contribution in [3.63, 3.8) is 0 Å². The van der Waals surface area contributed by atoms with Gasteiger partial charge in [0, 0.05) is 18.2 Å². The molecule has 156 valence electrons. The molecule has 3 heteroatoms. The lowest BCUT2D eigenvalue weighted by molar-refractivity contribution is -0.140. The molecule has 1 saturated carbocycles. The van der Waals surface area contributed by atoms with Crippen LogP contribution < -0.4 is 0 Å². The van der Waals surface area contributed by atoms with Gasteiger partial charge in [0.1, 0.15) is 0 Å². The molecule has 1 aliphatic carbocycles. The number of nitrogens with zero attached hydrogens (tertiary/aromatic N) is 1. The summed E-state index contributed by atoms with van der Waals surface area (Å²) in [7, 11) is 0. The van der Waals surface area contributed by atoms with Crippen LogP contribution in [0.5, 0.6) is 0 Å². The van der Waals surface area contributed by atoms with Crippen LogP contribution >= 0.6 is 0 Å². The van der Waals surface area contributed by atoms with Gasteiger partial charge < -0.3 is 0 Å². The predicted octanol–water partition coefficient (Wildman–Crippen LogP) is 6.29. The van der Waals surface area contributed by atoms with Gasteiger partial charge in [-0.2, -0.15) is 0 Å². The van der Waals surface area contributed by atoms with Gasteiger partial charge in [-0.3, -0.25) is 14.5 Å². The minimum Gasteiger partial charge on any atom is -0.272 e. The lowest BCUT2D eigenvalue weighted by Gasteiger charge is -2.29. The molecule has 30 heavy (non-hydrogen) atoms. The minimum atomic E-state index is -0.128. The van der Waals surface area contributed by atoms with Crippen LogP contribution in [0.25, 0.3) is 11.6 Å². The maximum absolute atomic E-state index is 11.3. The van der Waals surface area contributed by atoms with Gasteiger partial charge in [-0.1, -0.05) is 105 Å². The summed E-state index contributed by atoms with van der Waals surface area (Å²) in [6, 6.07) is 20.4. The third-order valence-corrected chi connectivity index (χ3v) is 5.09. The third kappa shape index (κ3) is 7.32. The molecule has 2 aromatic rings. The van der Waals surface area contributed by atoms with Gasteiger partial charge in [0.15, 0.2) is 0 Å². The minimum absolute atomic E-state index is 0.128. The van der Waals surface area contributed by atoms with E-state index in [1.54, 1.807) is 0 Å². The number of rotatable bonds is 3. The van der Waals surface area contributed by atoms with E-state index in [9.17, 15) is 9.59 Å². The van der Waals surface area contributed by atoms with Crippen molar-refractivity contribution in [3.05, 3.63) is 97.1 Å². The Morgan fingerprint density at radius 3 is 1.77 bits per heavy atom. The van der Waals surface area contributed by atoms with Crippen LogP contribution in [0, 0.1) is 0 Å². The van der Waals surface area contributed by atoms with Gasteiger partial charge in [-0.15, -0.1) is 0 Å². The maximum Gasteiger partial charge on any atom is 0.253 e. The van der Waals surface area contributed by atoms with E-state index >= 15 is 0 Å². The number of carbonyl (C=O) groups excluding carboxylic acids is 2. The van der Waals surface area contributed by atoms with Crippen molar-refractivity contribution in [2.75, 3.05) is 0 Å². The zero-order valence-electron chi connectivity index (χ0n) is 17.8. The summed E-state index contributed by atoms with van der Waals surface area (Å²) in [5.74, 6) is -0.256. The number of hydrogen-bond donors (Lipinski definition) is 0. The lowest BCUT2D eigenvalue weighted by Crippen LogP contribution is -2.41. The number of imide groups is 1. The summed E-state index contributed by atoms with van der Waals surface area (Å²) >= 11 is 0. The molecule has 1 heterocycles. The zero-order chi connectivity index (χ0) is 21.8. The topological polar surface area (TPSA) is 37.4 Å². The molecule has 0 spiro atoms. The average Bonchev–Trinajstić information content (AvgIpc) is 3.14. The third-order valence-electron chi connectivity index (χ3n) is 5.09. The first-order chi connectivity index (χ1) is 14.5. The van der Waals surface area contributed by atoms with Crippen molar-refractivity contribution in [1.82, 2.24) is 4.90 Å². The highest BCUT2D eigenvalue weighted by atomic mass is 16.2. The van der Waals surface area contributed by atoms with Crippen LogP contribution in [0.15, 0.2) is 86.0 Å². The second-order valence-electron chi connectivity index (χ2n) is 7.43. The molecule has 0 bridgehead atoms. The number of hydrogen-bond acceptors (Lipinski definition) is 2. The molecule has 0 aromatic heterocycles. The van der Waals surface area contributed by atoms with Gasteiger partial charge in [-0.05, 0) is 30.9 Å². The van der Waals surface area contributed by atoms with Crippen LogP contribution in [0.2, 0.25) is 0 Å². The molecule has 0 radical (unpaired) electrons. The standard InChI is InChI=1S/C10H13NO2.C9H10.C8H8/c12-9-6-7-10(13)11(9)8-4-2-1-3-5-8;1-8(2)9-6-4-3-5-7-9;1-2-8-6-4-3-5-7-8/h6-8H,1-5H2;3-7H,1H2,2H3;2-7H,1H2. The summed E-state index contributed by atoms with van der Waals surface area (Å²) in [5, 5.41) is 0. The zero-order valence-corrected chi connectivity index (χ0v) is 17.8. The first-order valence-electron chi connectivity index (χ1n) is 10.5. The Kier molecular flexibility index (Phi) is 9.53. The Bertz CT molecular complexity index is 844. The molecule has 0 saturated heterocycles. The van der Waals surface area contributed by atoms with E-state index in [1.165, 1.54) is 34.6 Å². The second kappa shape index (κ2) is 12.4. The van der Waals surface area contributed by atoms with Crippen molar-refractivity contribution in [2.45, 2.75) is 45.1 Å². The van der Waals surface area contributed by atoms with Crippen LogP contribution in [-0.2, 0) is 9.59 Å². The normalized spacial score (nSPS) is 15.6. The summed E-state index contributed by atoms with van der Waals surface area (Å²) in [4.78, 5) is 24.0. The number of benzene rings is 2. The number of carbonyl (C=O) groups is 2. The van der Waals surface area contributed by atoms with Crippen molar-refractivity contribution in [1.29, 1.82) is 0 Å². The fourth-order valence-corrected chi connectivity index (χ4v) is 3.42. The quantitative estimate of drug-likeness (QED) is 0.567. The summed E-state index contributed by atoms with van der Waals surface area (Å²) in [5.41, 5.74) is 3.51. The number of amides is 2. The van der Waals surface area contributed by atoms with Crippen LogP contribution in [0.3, 0.4) is 0 Å². The molecule has 2 amide bonds. The fraction of sp³-hybridized carbons (Fsp3) is 0.259. The van der Waals surface area contributed by atoms with Crippen molar-refractivity contribution in [2.24, 2.45) is 0 Å². The first-order valence-corrected chi connectivity index (χ1v) is 10.5. The fourth-order valence-electron chi connectivity index (χ4n) is 3.42. The van der Waals surface area contributed by atoms with E-state index in [2.05, 4.69) is 25.3 Å². The highest BCUT2D eigenvalue weighted by Gasteiger charge is 2.31. The van der Waals surface area contributed by atoms with E-state index in [0.29, 0.717) is 0 Å². The second-order valence-corrected chi connectivity index (χ2v) is 7.43. The lowest BCUT2D eigenvalue weighted by atomic mass is 9.94. The summed E-state index contributed by atoms with van der Waals surface area (Å²) in [6.07, 6.45) is 10.1. The van der Waals surface area contributed by atoms with Crippen molar-refractivity contribution >= 4 is 23.5 Å². The maximum atomic E-state index is 11.3. The largest absolute Gasteiger partial charge is 0.272 e. The molecule has 1 aliphatic heterocycles. The van der Waals surface area contributed by atoms with E-state index in [4.69, 9.17) is 0 Å². The molecular formula is C27H31NO2. The molecule has 2 aliphatic rings. The average molecular weight is 402 g/mol. The Balaban J connectivity index is 0.000000167. The Hall–Kier alpha value is -3.20. The summed E-state index contributed by atoms with van der Waals surface area (Å²) < 4.78 is 0. The van der Waals surface area contributed by atoms with Crippen LogP contribution in [0.1, 0.15) is 50.2 Å². The van der Waals surface area contributed by atoms with Gasteiger partial charge >= 0.3 is 0 Å². The highest BCUT2D eigenvalue weighted by molar-refractivity contribution is 6.13. The van der Waals surface area contributed by atoms with Crippen molar-refractivity contribution in [3.8, 4) is 0 Å². The molecule has 0 unspecified atom stereocenters. The van der Waals surface area contributed by atoms with E-state index < -0.39 is 0 Å². The monoisotopic (exact) mass is 401 g/mol. The first kappa shape index (κ1) is 23.1. The highest BCUT2D eigenvalue weighted by Crippen LogP contribution is 2.24. The smallest absolute Gasteiger partial charge is 0.253 e. The van der Waals surface area contributed by atoms with Crippen LogP contribution in [-0.4, -0.2) is 22.8 Å². The molecule has 0 N–H and O–H groups in total. The Labute approximate surface area is 180 Å². The molecular weight excluding hydrogens is 370 g/mol. The predicted molar refractivity (Wildman–Crippen MR) is 126 cm³/mol. The van der Waals surface area contributed by atoms with Gasteiger partial charge in [0.25, 0.3) is 11.8 Å². The molecule has 1 fully saturated rings. The summed E-state index contributed by atoms with van der Waals surface area (Å²) in [6.45, 7) is 9.47. The molecule has 4 rings (SSSR count). The molecule has 3 nitrogen and oxygen atoms in total. The molecule has 0 atom stereocenters. The van der Waals surface area contributed by atoms with E-state index in [-0.39, 0.29) is 17.9 Å². The van der Waals surface area contributed by atoms with E-state index in [1.807, 2.05) is 61.5 Å². The van der Waals surface area contributed by atoms with Crippen LogP contribution in [0.4, 0.5) is 0 Å². The van der Waals surface area contributed by atoms with Gasteiger partial charge in [0.05, 0.1) is 0 Å². The van der Waals surface area contributed by atoms with Gasteiger partial charge in [0.2, 0.25) is 0 Å². The van der Waals surface area contributed by atoms with Crippen molar-refractivity contribution < 1.29 is 9.59 Å². The Morgan fingerprint density at radius 1 is 0.867 bits per heavy atom. The molecule has 2 aromatic carbocycles. The number of allylic oxidation sites excluding steroid dienone is 1. The van der Waals surface area contributed by atoms with Gasteiger partial charge in [-0.25, -0.2) is 0 Å². The Morgan fingerprint density at radius 2 is 1.37 bits per heavy atom.